The summed E-state index contributed by atoms with van der Waals surface area (Å²) in [6.07, 6.45) is 2.11. The smallest absolute Gasteiger partial charge is 0.319 e. The van der Waals surface area contributed by atoms with Crippen molar-refractivity contribution >= 4 is 11.9 Å². The number of halogens is 1. The van der Waals surface area contributed by atoms with Crippen LogP contribution in [0.3, 0.4) is 0 Å². The number of benzene rings is 2. The van der Waals surface area contributed by atoms with Crippen molar-refractivity contribution in [2.75, 3.05) is 0 Å². The fraction of sp³-hybridized carbons (Fsp3) is 0.190. The first-order valence-corrected chi connectivity index (χ1v) is 9.03. The summed E-state index contributed by atoms with van der Waals surface area (Å²) < 4.78 is 14.9. The maximum absolute atomic E-state index is 13.4. The normalized spacial score (nSPS) is 19.1. The first-order chi connectivity index (χ1) is 13.5. The van der Waals surface area contributed by atoms with E-state index in [9.17, 15) is 14.0 Å². The average molecular weight is 378 g/mol. The summed E-state index contributed by atoms with van der Waals surface area (Å²) >= 11 is 0. The Kier molecular flexibility index (Phi) is 4.43. The van der Waals surface area contributed by atoms with Gasteiger partial charge >= 0.3 is 6.03 Å². The van der Waals surface area contributed by atoms with Gasteiger partial charge in [0, 0.05) is 6.20 Å². The number of nitrogens with zero attached hydrogens (tertiary/aromatic N) is 3. The summed E-state index contributed by atoms with van der Waals surface area (Å²) in [5.41, 5.74) is 0.788. The highest BCUT2D eigenvalue weighted by Gasteiger charge is 2.51. The van der Waals surface area contributed by atoms with Gasteiger partial charge in [-0.1, -0.05) is 43.3 Å². The van der Waals surface area contributed by atoms with Crippen molar-refractivity contribution in [1.29, 1.82) is 0 Å². The number of hydrogen-bond donors (Lipinski definition) is 1. The molecule has 1 fully saturated rings. The molecule has 1 aliphatic rings. The lowest BCUT2D eigenvalue weighted by molar-refractivity contribution is -0.132. The van der Waals surface area contributed by atoms with Gasteiger partial charge in [0.2, 0.25) is 0 Å². The molecule has 3 amide bonds. The number of urea groups is 1. The van der Waals surface area contributed by atoms with Crippen LogP contribution in [0.25, 0.3) is 5.69 Å². The lowest BCUT2D eigenvalue weighted by Gasteiger charge is -2.25. The molecule has 1 unspecified atom stereocenters. The molecule has 0 spiro atoms. The van der Waals surface area contributed by atoms with Crippen LogP contribution in [0.15, 0.2) is 66.9 Å². The Balaban J connectivity index is 1.59. The van der Waals surface area contributed by atoms with Gasteiger partial charge in [-0.05, 0) is 36.2 Å². The van der Waals surface area contributed by atoms with Crippen LogP contribution in [-0.2, 0) is 16.9 Å². The molecule has 2 aromatic carbocycles. The van der Waals surface area contributed by atoms with Gasteiger partial charge in [-0.15, -0.1) is 0 Å². The van der Waals surface area contributed by atoms with Crippen molar-refractivity contribution in [3.05, 3.63) is 83.9 Å². The van der Waals surface area contributed by atoms with Crippen LogP contribution in [0.5, 0.6) is 0 Å². The van der Waals surface area contributed by atoms with E-state index in [0.717, 1.165) is 5.56 Å². The molecular formula is C21H19FN4O2. The summed E-state index contributed by atoms with van der Waals surface area (Å²) in [6.45, 7) is 1.91. The zero-order chi connectivity index (χ0) is 19.7. The maximum Gasteiger partial charge on any atom is 0.325 e. The Morgan fingerprint density at radius 1 is 1.07 bits per heavy atom. The van der Waals surface area contributed by atoms with E-state index in [1.807, 2.05) is 37.3 Å². The van der Waals surface area contributed by atoms with Crippen molar-refractivity contribution in [2.45, 2.75) is 25.4 Å². The number of imide groups is 1. The van der Waals surface area contributed by atoms with Crippen molar-refractivity contribution in [3.63, 3.8) is 0 Å². The van der Waals surface area contributed by atoms with E-state index in [1.54, 1.807) is 24.4 Å². The molecular weight excluding hydrogens is 359 g/mol. The van der Waals surface area contributed by atoms with Gasteiger partial charge in [0.1, 0.15) is 11.4 Å². The van der Waals surface area contributed by atoms with Crippen LogP contribution in [-0.4, -0.2) is 26.6 Å². The maximum atomic E-state index is 13.4. The molecule has 4 rings (SSSR count). The number of carbonyl (C=O) groups excluding carboxylic acids is 2. The zero-order valence-electron chi connectivity index (χ0n) is 15.3. The van der Waals surface area contributed by atoms with Crippen molar-refractivity contribution in [2.24, 2.45) is 0 Å². The van der Waals surface area contributed by atoms with Gasteiger partial charge in [-0.25, -0.2) is 13.9 Å². The van der Waals surface area contributed by atoms with Crippen LogP contribution in [0.1, 0.15) is 24.6 Å². The summed E-state index contributed by atoms with van der Waals surface area (Å²) in [7, 11) is 0. The second-order valence-corrected chi connectivity index (χ2v) is 6.68. The van der Waals surface area contributed by atoms with E-state index in [0.29, 0.717) is 17.8 Å². The standard InChI is InChI=1S/C21H19FN4O2/c1-2-21(15-7-4-3-5-8-15)19(27)25(20(28)23-21)14-17-11-12-26(24-17)18-10-6-9-16(22)13-18/h3-13H,2,14H2,1H3,(H,23,28). The van der Waals surface area contributed by atoms with E-state index < -0.39 is 11.6 Å². The van der Waals surface area contributed by atoms with Crippen molar-refractivity contribution < 1.29 is 14.0 Å². The third-order valence-corrected chi connectivity index (χ3v) is 5.01. The number of aromatic nitrogens is 2. The van der Waals surface area contributed by atoms with Crippen LogP contribution >= 0.6 is 0 Å². The largest absolute Gasteiger partial charge is 0.325 e. The molecule has 0 bridgehead atoms. The molecule has 0 saturated carbocycles. The summed E-state index contributed by atoms with van der Waals surface area (Å²) in [6, 6.07) is 16.5. The van der Waals surface area contributed by atoms with Gasteiger partial charge in [-0.3, -0.25) is 9.69 Å². The van der Waals surface area contributed by atoms with Gasteiger partial charge in [0.15, 0.2) is 0 Å². The van der Waals surface area contributed by atoms with Crippen LogP contribution < -0.4 is 5.32 Å². The predicted molar refractivity (Wildman–Crippen MR) is 101 cm³/mol. The van der Waals surface area contributed by atoms with Gasteiger partial charge in [0.25, 0.3) is 5.91 Å². The average Bonchev–Trinajstić information content (AvgIpc) is 3.28. The van der Waals surface area contributed by atoms with E-state index in [2.05, 4.69) is 10.4 Å². The SMILES string of the molecule is CCC1(c2ccccc2)NC(=O)N(Cc2ccn(-c3cccc(F)c3)n2)C1=O. The number of rotatable bonds is 5. The van der Waals surface area contributed by atoms with Crippen molar-refractivity contribution in [3.8, 4) is 5.69 Å². The summed E-state index contributed by atoms with van der Waals surface area (Å²) in [5.74, 6) is -0.661. The van der Waals surface area contributed by atoms with E-state index in [-0.39, 0.29) is 18.3 Å². The minimum atomic E-state index is -1.07. The molecule has 1 N–H and O–H groups in total. The fourth-order valence-electron chi connectivity index (χ4n) is 3.50. The minimum Gasteiger partial charge on any atom is -0.319 e. The van der Waals surface area contributed by atoms with Crippen LogP contribution in [0.4, 0.5) is 9.18 Å². The van der Waals surface area contributed by atoms with Gasteiger partial charge in [-0.2, -0.15) is 5.10 Å². The highest BCUT2D eigenvalue weighted by molar-refractivity contribution is 6.07. The van der Waals surface area contributed by atoms with Crippen LogP contribution in [0.2, 0.25) is 0 Å². The first-order valence-electron chi connectivity index (χ1n) is 9.03. The number of amides is 3. The number of nitrogens with one attached hydrogen (secondary N) is 1. The molecule has 1 saturated heterocycles. The molecule has 2 heterocycles. The Morgan fingerprint density at radius 3 is 2.57 bits per heavy atom. The molecule has 7 heteroatoms. The third kappa shape index (κ3) is 2.94. The third-order valence-electron chi connectivity index (χ3n) is 5.01. The van der Waals surface area contributed by atoms with Gasteiger partial charge < -0.3 is 5.32 Å². The molecule has 1 aromatic heterocycles. The predicted octanol–water partition coefficient (Wildman–Crippen LogP) is 3.37. The lowest BCUT2D eigenvalue weighted by atomic mass is 9.87. The Morgan fingerprint density at radius 2 is 1.86 bits per heavy atom. The molecule has 6 nitrogen and oxygen atoms in total. The summed E-state index contributed by atoms with van der Waals surface area (Å²) in [4.78, 5) is 26.9. The van der Waals surface area contributed by atoms with E-state index in [1.165, 1.54) is 21.7 Å². The molecule has 1 atom stereocenters. The quantitative estimate of drug-likeness (QED) is 0.692. The molecule has 142 valence electrons. The van der Waals surface area contributed by atoms with Crippen molar-refractivity contribution in [1.82, 2.24) is 20.0 Å². The molecule has 0 aliphatic carbocycles. The lowest BCUT2D eigenvalue weighted by Crippen LogP contribution is -2.43. The van der Waals surface area contributed by atoms with Crippen LogP contribution in [0, 0.1) is 5.82 Å². The van der Waals surface area contributed by atoms with E-state index >= 15 is 0 Å². The van der Waals surface area contributed by atoms with E-state index in [4.69, 9.17) is 0 Å². The zero-order valence-corrected chi connectivity index (χ0v) is 15.3. The minimum absolute atomic E-state index is 0.0432. The van der Waals surface area contributed by atoms with Gasteiger partial charge in [0.05, 0.1) is 17.9 Å². The Bertz CT molecular complexity index is 1030. The molecule has 0 radical (unpaired) electrons. The molecule has 28 heavy (non-hydrogen) atoms. The second-order valence-electron chi connectivity index (χ2n) is 6.68. The molecule has 3 aromatic rings. The monoisotopic (exact) mass is 378 g/mol. The Labute approximate surface area is 161 Å². The summed E-state index contributed by atoms with van der Waals surface area (Å²) in [5, 5.41) is 7.23. The Hall–Kier alpha value is -3.48. The number of hydrogen-bond acceptors (Lipinski definition) is 3. The topological polar surface area (TPSA) is 67.2 Å². The first kappa shape index (κ1) is 17.9. The fourth-order valence-corrected chi connectivity index (χ4v) is 3.50. The second kappa shape index (κ2) is 6.92. The highest BCUT2D eigenvalue weighted by atomic mass is 19.1. The highest BCUT2D eigenvalue weighted by Crippen LogP contribution is 2.33. The molecule has 1 aliphatic heterocycles. The number of carbonyl (C=O) groups is 2.